The van der Waals surface area contributed by atoms with Crippen molar-refractivity contribution in [3.63, 3.8) is 0 Å². The molecule has 0 saturated carbocycles. The lowest BCUT2D eigenvalue weighted by Crippen LogP contribution is -2.42. The highest BCUT2D eigenvalue weighted by atomic mass is 16.6. The Kier molecular flexibility index (Phi) is 7.10. The van der Waals surface area contributed by atoms with Crippen molar-refractivity contribution in [1.29, 1.82) is 0 Å². The van der Waals surface area contributed by atoms with Crippen LogP contribution in [0.1, 0.15) is 17.5 Å². The second kappa shape index (κ2) is 9.61. The molecule has 0 radical (unpaired) electrons. The van der Waals surface area contributed by atoms with Crippen LogP contribution in [0.3, 0.4) is 0 Å². The molecule has 0 spiro atoms. The largest absolute Gasteiger partial charge is 0.444 e. The van der Waals surface area contributed by atoms with Gasteiger partial charge in [0.15, 0.2) is 0 Å². The number of hydrazine groups is 1. The van der Waals surface area contributed by atoms with Crippen LogP contribution in [-0.2, 0) is 17.8 Å². The first kappa shape index (κ1) is 17.0. The molecule has 5 heteroatoms. The first-order valence-electron chi connectivity index (χ1n) is 7.65. The fraction of sp³-hybridized carbons (Fsp3) is 0.278. The Hall–Kier alpha value is -2.37. The number of nitrogens with one attached hydrogen (secondary N) is 2. The van der Waals surface area contributed by atoms with Crippen molar-refractivity contribution in [3.8, 4) is 0 Å². The number of rotatable bonds is 8. The molecule has 1 amide bonds. The zero-order chi connectivity index (χ0) is 16.3. The van der Waals surface area contributed by atoms with E-state index < -0.39 is 12.2 Å². The molecule has 5 nitrogen and oxygen atoms in total. The van der Waals surface area contributed by atoms with E-state index in [0.717, 1.165) is 12.0 Å². The molecule has 0 aromatic heterocycles. The van der Waals surface area contributed by atoms with E-state index in [0.29, 0.717) is 6.42 Å². The zero-order valence-electron chi connectivity index (χ0n) is 12.9. The Labute approximate surface area is 136 Å². The van der Waals surface area contributed by atoms with E-state index in [1.807, 2.05) is 60.7 Å². The van der Waals surface area contributed by atoms with Gasteiger partial charge >= 0.3 is 6.09 Å². The number of benzene rings is 2. The van der Waals surface area contributed by atoms with Gasteiger partial charge in [-0.15, -0.1) is 0 Å². The number of hydrogen-bond acceptors (Lipinski definition) is 4. The average Bonchev–Trinajstić information content (AvgIpc) is 2.60. The summed E-state index contributed by atoms with van der Waals surface area (Å²) >= 11 is 0. The number of aryl methyl sites for hydroxylation is 1. The predicted molar refractivity (Wildman–Crippen MR) is 88.5 cm³/mol. The standard InChI is InChI=1S/C18H22N2O3/c21-17(12-11-15-7-3-1-4-8-15)13-19-20-18(22)23-14-16-9-5-2-6-10-16/h1-10,17,19,21H,11-14H2,(H,20,22)/t17-/m1/s1. The molecule has 23 heavy (non-hydrogen) atoms. The third-order valence-corrected chi connectivity index (χ3v) is 3.35. The summed E-state index contributed by atoms with van der Waals surface area (Å²) in [4.78, 5) is 11.5. The summed E-state index contributed by atoms with van der Waals surface area (Å²) in [6.07, 6.45) is 0.314. The van der Waals surface area contributed by atoms with Gasteiger partial charge < -0.3 is 9.84 Å². The van der Waals surface area contributed by atoms with Crippen LogP contribution in [0.2, 0.25) is 0 Å². The molecule has 0 aliphatic heterocycles. The number of aliphatic hydroxyl groups is 1. The molecule has 2 rings (SSSR count). The molecule has 0 fully saturated rings. The molecule has 0 bridgehead atoms. The van der Waals surface area contributed by atoms with Gasteiger partial charge in [0, 0.05) is 6.54 Å². The van der Waals surface area contributed by atoms with Gasteiger partial charge in [-0.25, -0.2) is 10.2 Å². The summed E-state index contributed by atoms with van der Waals surface area (Å²) < 4.78 is 5.05. The monoisotopic (exact) mass is 314 g/mol. The second-order valence-electron chi connectivity index (χ2n) is 5.25. The number of ether oxygens (including phenoxy) is 1. The normalized spacial score (nSPS) is 11.7. The first-order chi connectivity index (χ1) is 11.2. The van der Waals surface area contributed by atoms with Crippen molar-refractivity contribution in [2.45, 2.75) is 25.6 Å². The van der Waals surface area contributed by atoms with E-state index in [4.69, 9.17) is 4.74 Å². The van der Waals surface area contributed by atoms with Crippen molar-refractivity contribution in [2.75, 3.05) is 6.54 Å². The molecule has 0 unspecified atom stereocenters. The Morgan fingerprint density at radius 1 is 1.00 bits per heavy atom. The fourth-order valence-corrected chi connectivity index (χ4v) is 2.08. The summed E-state index contributed by atoms with van der Waals surface area (Å²) in [5.74, 6) is 0. The van der Waals surface area contributed by atoms with Crippen LogP contribution >= 0.6 is 0 Å². The topological polar surface area (TPSA) is 70.6 Å². The van der Waals surface area contributed by atoms with Crippen molar-refractivity contribution in [2.24, 2.45) is 0 Å². The van der Waals surface area contributed by atoms with E-state index in [-0.39, 0.29) is 13.2 Å². The smallest absolute Gasteiger partial charge is 0.421 e. The van der Waals surface area contributed by atoms with Crippen molar-refractivity contribution in [1.82, 2.24) is 10.9 Å². The molecule has 0 aliphatic rings. The van der Waals surface area contributed by atoms with Crippen LogP contribution in [-0.4, -0.2) is 23.8 Å². The zero-order valence-corrected chi connectivity index (χ0v) is 12.9. The summed E-state index contributed by atoms with van der Waals surface area (Å²) in [7, 11) is 0. The Balaban J connectivity index is 1.56. The molecular weight excluding hydrogens is 292 g/mol. The lowest BCUT2D eigenvalue weighted by Gasteiger charge is -2.13. The van der Waals surface area contributed by atoms with Gasteiger partial charge in [-0.1, -0.05) is 60.7 Å². The maximum atomic E-state index is 11.5. The maximum Gasteiger partial charge on any atom is 0.421 e. The summed E-state index contributed by atoms with van der Waals surface area (Å²) in [6.45, 7) is 0.484. The quantitative estimate of drug-likeness (QED) is 0.654. The summed E-state index contributed by atoms with van der Waals surface area (Å²) in [5, 5.41) is 9.88. The van der Waals surface area contributed by atoms with E-state index in [1.165, 1.54) is 5.56 Å². The van der Waals surface area contributed by atoms with Gasteiger partial charge in [0.25, 0.3) is 0 Å². The Morgan fingerprint density at radius 3 is 2.26 bits per heavy atom. The van der Waals surface area contributed by atoms with Crippen LogP contribution < -0.4 is 10.9 Å². The lowest BCUT2D eigenvalue weighted by atomic mass is 10.1. The number of amides is 1. The van der Waals surface area contributed by atoms with E-state index in [1.54, 1.807) is 0 Å². The van der Waals surface area contributed by atoms with Gasteiger partial charge in [-0.2, -0.15) is 0 Å². The highest BCUT2D eigenvalue weighted by Crippen LogP contribution is 2.04. The molecule has 1 atom stereocenters. The molecule has 2 aromatic carbocycles. The Bertz CT molecular complexity index is 575. The minimum atomic E-state index is -0.566. The van der Waals surface area contributed by atoms with Crippen LogP contribution in [0.25, 0.3) is 0 Å². The minimum Gasteiger partial charge on any atom is -0.444 e. The second-order valence-corrected chi connectivity index (χ2v) is 5.25. The number of hydrogen-bond donors (Lipinski definition) is 3. The molecule has 3 N–H and O–H groups in total. The van der Waals surface area contributed by atoms with Crippen LogP contribution in [0.5, 0.6) is 0 Å². The van der Waals surface area contributed by atoms with Gasteiger partial charge in [0.05, 0.1) is 6.10 Å². The van der Waals surface area contributed by atoms with Crippen LogP contribution in [0, 0.1) is 0 Å². The molecule has 0 heterocycles. The number of carbonyl (C=O) groups is 1. The highest BCUT2D eigenvalue weighted by molar-refractivity contribution is 5.66. The Morgan fingerprint density at radius 2 is 1.61 bits per heavy atom. The number of aliphatic hydroxyl groups excluding tert-OH is 1. The molecule has 2 aromatic rings. The summed E-state index contributed by atoms with van der Waals surface area (Å²) in [5.41, 5.74) is 7.20. The van der Waals surface area contributed by atoms with Crippen molar-refractivity contribution in [3.05, 3.63) is 71.8 Å². The lowest BCUT2D eigenvalue weighted by molar-refractivity contribution is 0.125. The average molecular weight is 314 g/mol. The third kappa shape index (κ3) is 6.95. The van der Waals surface area contributed by atoms with E-state index >= 15 is 0 Å². The third-order valence-electron chi connectivity index (χ3n) is 3.35. The first-order valence-corrected chi connectivity index (χ1v) is 7.65. The van der Waals surface area contributed by atoms with Crippen molar-refractivity contribution < 1.29 is 14.6 Å². The van der Waals surface area contributed by atoms with Gasteiger partial charge in [-0.3, -0.25) is 5.43 Å². The maximum absolute atomic E-state index is 11.5. The summed E-state index contributed by atoms with van der Waals surface area (Å²) in [6, 6.07) is 19.4. The highest BCUT2D eigenvalue weighted by Gasteiger charge is 2.06. The van der Waals surface area contributed by atoms with Gasteiger partial charge in [0.1, 0.15) is 6.61 Å². The number of carbonyl (C=O) groups excluding carboxylic acids is 1. The SMILES string of the molecule is O=C(NNC[C@H](O)CCc1ccccc1)OCc1ccccc1. The van der Waals surface area contributed by atoms with Crippen LogP contribution in [0.4, 0.5) is 4.79 Å². The fourth-order valence-electron chi connectivity index (χ4n) is 2.08. The van der Waals surface area contributed by atoms with Crippen molar-refractivity contribution >= 4 is 6.09 Å². The molecule has 0 aliphatic carbocycles. The van der Waals surface area contributed by atoms with E-state index in [2.05, 4.69) is 10.9 Å². The molecular formula is C18H22N2O3. The minimum absolute atomic E-state index is 0.213. The van der Waals surface area contributed by atoms with Gasteiger partial charge in [0.2, 0.25) is 0 Å². The van der Waals surface area contributed by atoms with Crippen LogP contribution in [0.15, 0.2) is 60.7 Å². The van der Waals surface area contributed by atoms with E-state index in [9.17, 15) is 9.90 Å². The molecule has 0 saturated heterocycles. The molecule has 122 valence electrons. The van der Waals surface area contributed by atoms with Gasteiger partial charge in [-0.05, 0) is 24.0 Å². The predicted octanol–water partition coefficient (Wildman–Crippen LogP) is 2.41.